The molecule has 4 nitrogen and oxygen atoms in total. The maximum Gasteiger partial charge on any atom is 0.0352 e. The minimum Gasteiger partial charge on any atom is -0.309 e. The van der Waals surface area contributed by atoms with Gasteiger partial charge in [0.15, 0.2) is 0 Å². The molecule has 106 valence electrons. The number of hydrogen-bond acceptors (Lipinski definition) is 4. The lowest BCUT2D eigenvalue weighted by atomic mass is 9.98. The Labute approximate surface area is 116 Å². The Bertz CT molecular complexity index is 388. The highest BCUT2D eigenvalue weighted by atomic mass is 15.3. The third-order valence-corrected chi connectivity index (χ3v) is 3.64. The second-order valence-electron chi connectivity index (χ2n) is 6.44. The van der Waals surface area contributed by atoms with Crippen molar-refractivity contribution < 1.29 is 0 Å². The Balaban J connectivity index is 2.07. The number of piperazine rings is 1. The van der Waals surface area contributed by atoms with Crippen molar-refractivity contribution >= 4 is 0 Å². The molecule has 1 N–H and O–H groups in total. The molecule has 0 spiro atoms. The van der Waals surface area contributed by atoms with Crippen molar-refractivity contribution in [2.24, 2.45) is 0 Å². The number of rotatable bonds is 4. The SMILES string of the molecule is CN(C)CC1CNC(C)(C)CN1Cc1ccncc1. The molecular formula is C15H26N4. The van der Waals surface area contributed by atoms with Gasteiger partial charge in [-0.05, 0) is 45.6 Å². The highest BCUT2D eigenvalue weighted by Crippen LogP contribution is 2.18. The molecule has 0 radical (unpaired) electrons. The summed E-state index contributed by atoms with van der Waals surface area (Å²) in [6.07, 6.45) is 3.76. The first-order valence-corrected chi connectivity index (χ1v) is 6.99. The summed E-state index contributed by atoms with van der Waals surface area (Å²) in [6, 6.07) is 4.79. The van der Waals surface area contributed by atoms with Gasteiger partial charge in [0.05, 0.1) is 0 Å². The summed E-state index contributed by atoms with van der Waals surface area (Å²) in [5.74, 6) is 0. The van der Waals surface area contributed by atoms with E-state index in [1.807, 2.05) is 12.4 Å². The molecule has 1 fully saturated rings. The Morgan fingerprint density at radius 3 is 2.68 bits per heavy atom. The van der Waals surface area contributed by atoms with E-state index in [9.17, 15) is 0 Å². The van der Waals surface area contributed by atoms with E-state index in [2.05, 4.69) is 60.2 Å². The van der Waals surface area contributed by atoms with Crippen LogP contribution in [0.2, 0.25) is 0 Å². The Morgan fingerprint density at radius 1 is 1.37 bits per heavy atom. The van der Waals surface area contributed by atoms with E-state index in [-0.39, 0.29) is 5.54 Å². The van der Waals surface area contributed by atoms with Crippen LogP contribution >= 0.6 is 0 Å². The fourth-order valence-electron chi connectivity index (χ4n) is 2.73. The predicted molar refractivity (Wildman–Crippen MR) is 79.1 cm³/mol. The molecule has 0 saturated carbocycles. The number of nitrogens with one attached hydrogen (secondary N) is 1. The second-order valence-corrected chi connectivity index (χ2v) is 6.44. The predicted octanol–water partition coefficient (Wildman–Crippen LogP) is 1.20. The summed E-state index contributed by atoms with van der Waals surface area (Å²) in [7, 11) is 4.29. The number of nitrogens with zero attached hydrogens (tertiary/aromatic N) is 3. The monoisotopic (exact) mass is 262 g/mol. The topological polar surface area (TPSA) is 31.4 Å². The van der Waals surface area contributed by atoms with Gasteiger partial charge >= 0.3 is 0 Å². The summed E-state index contributed by atoms with van der Waals surface area (Å²) in [5.41, 5.74) is 1.53. The third kappa shape index (κ3) is 4.27. The normalized spacial score (nSPS) is 23.7. The maximum atomic E-state index is 4.10. The lowest BCUT2D eigenvalue weighted by Crippen LogP contribution is -2.63. The van der Waals surface area contributed by atoms with E-state index in [0.29, 0.717) is 6.04 Å². The molecule has 1 saturated heterocycles. The van der Waals surface area contributed by atoms with E-state index in [1.54, 1.807) is 0 Å². The van der Waals surface area contributed by atoms with Gasteiger partial charge in [-0.3, -0.25) is 9.88 Å². The average molecular weight is 262 g/mol. The van der Waals surface area contributed by atoms with Crippen molar-refractivity contribution in [1.82, 2.24) is 20.1 Å². The average Bonchev–Trinajstić information content (AvgIpc) is 2.33. The Morgan fingerprint density at radius 2 is 2.05 bits per heavy atom. The van der Waals surface area contributed by atoms with Gasteiger partial charge in [0.25, 0.3) is 0 Å². The van der Waals surface area contributed by atoms with Crippen molar-refractivity contribution in [2.45, 2.75) is 32.0 Å². The first kappa shape index (κ1) is 14.4. The van der Waals surface area contributed by atoms with Gasteiger partial charge in [0.1, 0.15) is 0 Å². The van der Waals surface area contributed by atoms with Crippen LogP contribution in [0.25, 0.3) is 0 Å². The molecule has 0 aliphatic carbocycles. The molecule has 2 rings (SSSR count). The highest BCUT2D eigenvalue weighted by molar-refractivity contribution is 5.10. The van der Waals surface area contributed by atoms with Gasteiger partial charge in [-0.1, -0.05) is 0 Å². The molecular weight excluding hydrogens is 236 g/mol. The molecule has 0 bridgehead atoms. The number of likely N-dealkylation sites (N-methyl/N-ethyl adjacent to an activating group) is 1. The minimum absolute atomic E-state index is 0.190. The highest BCUT2D eigenvalue weighted by Gasteiger charge is 2.32. The molecule has 0 amide bonds. The summed E-state index contributed by atoms with van der Waals surface area (Å²) >= 11 is 0. The van der Waals surface area contributed by atoms with E-state index in [4.69, 9.17) is 0 Å². The van der Waals surface area contributed by atoms with Crippen LogP contribution in [-0.2, 0) is 6.54 Å². The van der Waals surface area contributed by atoms with Crippen molar-refractivity contribution in [1.29, 1.82) is 0 Å². The lowest BCUT2D eigenvalue weighted by Gasteiger charge is -2.45. The third-order valence-electron chi connectivity index (χ3n) is 3.64. The number of pyridine rings is 1. The number of aromatic nitrogens is 1. The van der Waals surface area contributed by atoms with E-state index in [0.717, 1.165) is 26.2 Å². The van der Waals surface area contributed by atoms with Crippen molar-refractivity contribution in [3.63, 3.8) is 0 Å². The fourth-order valence-corrected chi connectivity index (χ4v) is 2.73. The van der Waals surface area contributed by atoms with Crippen LogP contribution in [0.15, 0.2) is 24.5 Å². The Hall–Kier alpha value is -0.970. The molecule has 1 aromatic rings. The molecule has 1 atom stereocenters. The molecule has 0 aromatic carbocycles. The fraction of sp³-hybridized carbons (Fsp3) is 0.667. The van der Waals surface area contributed by atoms with Crippen LogP contribution in [0.3, 0.4) is 0 Å². The largest absolute Gasteiger partial charge is 0.309 e. The van der Waals surface area contributed by atoms with Gasteiger partial charge in [-0.2, -0.15) is 0 Å². The molecule has 2 heterocycles. The first-order chi connectivity index (χ1) is 8.96. The van der Waals surface area contributed by atoms with Gasteiger partial charge in [0, 0.05) is 50.2 Å². The van der Waals surface area contributed by atoms with Gasteiger partial charge < -0.3 is 10.2 Å². The van der Waals surface area contributed by atoms with Gasteiger partial charge in [-0.25, -0.2) is 0 Å². The zero-order valence-corrected chi connectivity index (χ0v) is 12.6. The van der Waals surface area contributed by atoms with Gasteiger partial charge in [0.2, 0.25) is 0 Å². The van der Waals surface area contributed by atoms with Crippen LogP contribution < -0.4 is 5.32 Å². The van der Waals surface area contributed by atoms with E-state index < -0.39 is 0 Å². The standard InChI is InChI=1S/C15H26N4/c1-15(2)12-19(10-13-5-7-16-8-6-13)14(9-17-15)11-18(3)4/h5-8,14,17H,9-12H2,1-4H3. The first-order valence-electron chi connectivity index (χ1n) is 6.99. The summed E-state index contributed by atoms with van der Waals surface area (Å²) in [6.45, 7) is 8.78. The zero-order chi connectivity index (χ0) is 13.9. The molecule has 1 unspecified atom stereocenters. The molecule has 1 aliphatic heterocycles. The molecule has 1 aliphatic rings. The van der Waals surface area contributed by atoms with Crippen LogP contribution in [-0.4, -0.2) is 60.1 Å². The summed E-state index contributed by atoms with van der Waals surface area (Å²) in [4.78, 5) is 8.95. The zero-order valence-electron chi connectivity index (χ0n) is 12.6. The lowest BCUT2D eigenvalue weighted by molar-refractivity contribution is 0.0721. The molecule has 19 heavy (non-hydrogen) atoms. The summed E-state index contributed by atoms with van der Waals surface area (Å²) < 4.78 is 0. The second kappa shape index (κ2) is 5.99. The van der Waals surface area contributed by atoms with Crippen LogP contribution in [0.1, 0.15) is 19.4 Å². The van der Waals surface area contributed by atoms with E-state index >= 15 is 0 Å². The number of hydrogen-bond donors (Lipinski definition) is 1. The van der Waals surface area contributed by atoms with Crippen LogP contribution in [0.4, 0.5) is 0 Å². The van der Waals surface area contributed by atoms with Crippen LogP contribution in [0, 0.1) is 0 Å². The van der Waals surface area contributed by atoms with Gasteiger partial charge in [-0.15, -0.1) is 0 Å². The maximum absolute atomic E-state index is 4.10. The van der Waals surface area contributed by atoms with E-state index in [1.165, 1.54) is 5.56 Å². The van der Waals surface area contributed by atoms with Crippen LogP contribution in [0.5, 0.6) is 0 Å². The van der Waals surface area contributed by atoms with Crippen molar-refractivity contribution in [3.05, 3.63) is 30.1 Å². The molecule has 4 heteroatoms. The smallest absolute Gasteiger partial charge is 0.0352 e. The van der Waals surface area contributed by atoms with Crippen molar-refractivity contribution in [3.8, 4) is 0 Å². The Kier molecular flexibility index (Phi) is 4.55. The minimum atomic E-state index is 0.190. The summed E-state index contributed by atoms with van der Waals surface area (Å²) in [5, 5.41) is 3.65. The molecule has 1 aromatic heterocycles. The quantitative estimate of drug-likeness (QED) is 0.883. The van der Waals surface area contributed by atoms with Crippen molar-refractivity contribution in [2.75, 3.05) is 33.7 Å².